The fourth-order valence-corrected chi connectivity index (χ4v) is 4.93. The Bertz CT molecular complexity index is 749. The topological polar surface area (TPSA) is 67.2 Å². The van der Waals surface area contributed by atoms with Crippen molar-refractivity contribution in [2.45, 2.75) is 30.8 Å². The SMILES string of the molecule is Cn1c(NCCO)nc2sc3c(c2c1=O)CC(C)(C)SC3. The molecule has 7 heteroatoms. The molecule has 0 radical (unpaired) electrons. The number of aliphatic hydroxyl groups excluding tert-OH is 1. The van der Waals surface area contributed by atoms with Crippen LogP contribution in [0.5, 0.6) is 0 Å². The molecule has 2 aromatic rings. The smallest absolute Gasteiger partial charge is 0.263 e. The monoisotopic (exact) mass is 325 g/mol. The highest BCUT2D eigenvalue weighted by Gasteiger charge is 2.30. The van der Waals surface area contributed by atoms with E-state index in [0.717, 1.165) is 22.4 Å². The van der Waals surface area contributed by atoms with Gasteiger partial charge in [-0.3, -0.25) is 9.36 Å². The molecule has 0 bridgehead atoms. The third kappa shape index (κ3) is 2.58. The van der Waals surface area contributed by atoms with E-state index >= 15 is 0 Å². The molecular formula is C14H19N3O2S2. The normalized spacial score (nSPS) is 17.0. The average Bonchev–Trinajstić information content (AvgIpc) is 2.77. The van der Waals surface area contributed by atoms with Gasteiger partial charge in [0, 0.05) is 29.0 Å². The minimum atomic E-state index is 0.000592. The van der Waals surface area contributed by atoms with Gasteiger partial charge in [-0.1, -0.05) is 13.8 Å². The molecule has 0 aliphatic carbocycles. The van der Waals surface area contributed by atoms with Gasteiger partial charge in [0.1, 0.15) is 4.83 Å². The van der Waals surface area contributed by atoms with Crippen molar-refractivity contribution in [2.75, 3.05) is 18.5 Å². The molecule has 3 heterocycles. The first-order valence-electron chi connectivity index (χ1n) is 6.93. The molecule has 114 valence electrons. The molecule has 0 fully saturated rings. The van der Waals surface area contributed by atoms with Gasteiger partial charge in [0.2, 0.25) is 5.95 Å². The van der Waals surface area contributed by atoms with Crippen LogP contribution in [0.2, 0.25) is 0 Å². The molecule has 3 rings (SSSR count). The number of fused-ring (bicyclic) bond motifs is 3. The van der Waals surface area contributed by atoms with Crippen LogP contribution in [-0.2, 0) is 19.2 Å². The summed E-state index contributed by atoms with van der Waals surface area (Å²) in [6.45, 7) is 4.85. The number of nitrogens with one attached hydrogen (secondary N) is 1. The van der Waals surface area contributed by atoms with E-state index in [4.69, 9.17) is 5.11 Å². The van der Waals surface area contributed by atoms with E-state index in [2.05, 4.69) is 24.1 Å². The van der Waals surface area contributed by atoms with Crippen molar-refractivity contribution in [1.82, 2.24) is 9.55 Å². The molecule has 0 amide bonds. The Balaban J connectivity index is 2.17. The van der Waals surface area contributed by atoms with Crippen molar-refractivity contribution in [3.63, 3.8) is 0 Å². The number of nitrogens with zero attached hydrogens (tertiary/aromatic N) is 2. The van der Waals surface area contributed by atoms with Gasteiger partial charge in [0.05, 0.1) is 12.0 Å². The van der Waals surface area contributed by atoms with E-state index in [-0.39, 0.29) is 16.9 Å². The second-order valence-electron chi connectivity index (χ2n) is 5.86. The molecule has 21 heavy (non-hydrogen) atoms. The van der Waals surface area contributed by atoms with E-state index in [0.29, 0.717) is 12.5 Å². The lowest BCUT2D eigenvalue weighted by atomic mass is 10.00. The van der Waals surface area contributed by atoms with Crippen LogP contribution < -0.4 is 10.9 Å². The number of thioether (sulfide) groups is 1. The van der Waals surface area contributed by atoms with Crippen LogP contribution in [0.3, 0.4) is 0 Å². The highest BCUT2D eigenvalue weighted by Crippen LogP contribution is 2.43. The number of aromatic nitrogens is 2. The Morgan fingerprint density at radius 2 is 2.24 bits per heavy atom. The van der Waals surface area contributed by atoms with Gasteiger partial charge in [-0.25, -0.2) is 4.98 Å². The summed E-state index contributed by atoms with van der Waals surface area (Å²) < 4.78 is 1.71. The molecule has 0 spiro atoms. The summed E-state index contributed by atoms with van der Waals surface area (Å²) in [6.07, 6.45) is 0.910. The van der Waals surface area contributed by atoms with Crippen LogP contribution in [0.1, 0.15) is 24.3 Å². The predicted molar refractivity (Wildman–Crippen MR) is 89.5 cm³/mol. The van der Waals surface area contributed by atoms with Crippen molar-refractivity contribution in [1.29, 1.82) is 0 Å². The van der Waals surface area contributed by atoms with Gasteiger partial charge in [-0.15, -0.1) is 23.1 Å². The van der Waals surface area contributed by atoms with Gasteiger partial charge in [0.15, 0.2) is 0 Å². The number of hydrogen-bond acceptors (Lipinski definition) is 6. The average molecular weight is 325 g/mol. The number of thiophene rings is 1. The third-order valence-electron chi connectivity index (χ3n) is 3.71. The van der Waals surface area contributed by atoms with Gasteiger partial charge >= 0.3 is 0 Å². The maximum absolute atomic E-state index is 12.7. The second kappa shape index (κ2) is 5.30. The maximum atomic E-state index is 12.7. The standard InChI is InChI=1S/C14H19N3O2S2/c1-14(2)6-8-9(7-20-14)21-11-10(8)12(19)17(3)13(16-11)15-4-5-18/h18H,4-7H2,1-3H3,(H,15,16). The van der Waals surface area contributed by atoms with Crippen molar-refractivity contribution in [3.8, 4) is 0 Å². The molecular weight excluding hydrogens is 306 g/mol. The molecule has 0 saturated heterocycles. The van der Waals surface area contributed by atoms with E-state index in [9.17, 15) is 4.79 Å². The molecule has 2 N–H and O–H groups in total. The predicted octanol–water partition coefficient (Wildman–Crippen LogP) is 1.97. The fraction of sp³-hybridized carbons (Fsp3) is 0.571. The fourth-order valence-electron chi connectivity index (χ4n) is 2.60. The maximum Gasteiger partial charge on any atom is 0.263 e. The summed E-state index contributed by atoms with van der Waals surface area (Å²) in [4.78, 5) is 19.3. The summed E-state index contributed by atoms with van der Waals surface area (Å²) in [5.41, 5.74) is 1.18. The van der Waals surface area contributed by atoms with Crippen molar-refractivity contribution in [2.24, 2.45) is 7.05 Å². The molecule has 5 nitrogen and oxygen atoms in total. The van der Waals surface area contributed by atoms with Gasteiger partial charge in [-0.05, 0) is 12.0 Å². The zero-order valence-corrected chi connectivity index (χ0v) is 14.0. The van der Waals surface area contributed by atoms with Crippen LogP contribution in [0, 0.1) is 0 Å². The first-order chi connectivity index (χ1) is 9.93. The van der Waals surface area contributed by atoms with E-state index < -0.39 is 0 Å². The lowest BCUT2D eigenvalue weighted by Crippen LogP contribution is -2.26. The zero-order valence-electron chi connectivity index (χ0n) is 12.4. The van der Waals surface area contributed by atoms with E-state index in [1.165, 1.54) is 10.4 Å². The molecule has 0 aromatic carbocycles. The Morgan fingerprint density at radius 3 is 2.95 bits per heavy atom. The Kier molecular flexibility index (Phi) is 3.75. The zero-order chi connectivity index (χ0) is 15.2. The number of rotatable bonds is 3. The Labute approximate surface area is 131 Å². The molecule has 0 unspecified atom stereocenters. The highest BCUT2D eigenvalue weighted by atomic mass is 32.2. The van der Waals surface area contributed by atoms with Gasteiger partial charge in [-0.2, -0.15) is 0 Å². The minimum absolute atomic E-state index is 0.000592. The summed E-state index contributed by atoms with van der Waals surface area (Å²) in [7, 11) is 1.72. The van der Waals surface area contributed by atoms with E-state index in [1.54, 1.807) is 23.0 Å². The van der Waals surface area contributed by atoms with Crippen LogP contribution >= 0.6 is 23.1 Å². The molecule has 0 saturated carbocycles. The van der Waals surface area contributed by atoms with E-state index in [1.807, 2.05) is 11.8 Å². The molecule has 0 atom stereocenters. The first kappa shape index (κ1) is 14.9. The lowest BCUT2D eigenvalue weighted by Gasteiger charge is -2.28. The molecule has 2 aromatic heterocycles. The van der Waals surface area contributed by atoms with Crippen LogP contribution in [0.25, 0.3) is 10.2 Å². The molecule has 1 aliphatic heterocycles. The third-order valence-corrected chi connectivity index (χ3v) is 6.37. The van der Waals surface area contributed by atoms with Gasteiger partial charge < -0.3 is 10.4 Å². The first-order valence-corrected chi connectivity index (χ1v) is 8.73. The summed E-state index contributed by atoms with van der Waals surface area (Å²) in [5, 5.41) is 12.7. The van der Waals surface area contributed by atoms with Crippen molar-refractivity contribution < 1.29 is 5.11 Å². The number of aliphatic hydroxyl groups is 1. The van der Waals surface area contributed by atoms with Crippen molar-refractivity contribution >= 4 is 39.3 Å². The Morgan fingerprint density at radius 1 is 1.48 bits per heavy atom. The highest BCUT2D eigenvalue weighted by molar-refractivity contribution is 8.00. The number of hydrogen-bond donors (Lipinski definition) is 2. The van der Waals surface area contributed by atoms with Crippen LogP contribution in [0.15, 0.2) is 4.79 Å². The second-order valence-corrected chi connectivity index (χ2v) is 8.63. The summed E-state index contributed by atoms with van der Waals surface area (Å²) in [6, 6.07) is 0. The van der Waals surface area contributed by atoms with Crippen LogP contribution in [-0.4, -0.2) is 32.6 Å². The Hall–Kier alpha value is -1.05. The summed E-state index contributed by atoms with van der Waals surface area (Å²) >= 11 is 3.55. The lowest BCUT2D eigenvalue weighted by molar-refractivity contribution is 0.310. The van der Waals surface area contributed by atoms with Gasteiger partial charge in [0.25, 0.3) is 5.56 Å². The minimum Gasteiger partial charge on any atom is -0.395 e. The van der Waals surface area contributed by atoms with Crippen molar-refractivity contribution in [3.05, 3.63) is 20.8 Å². The molecule has 1 aliphatic rings. The summed E-state index contributed by atoms with van der Waals surface area (Å²) in [5.74, 6) is 1.47. The van der Waals surface area contributed by atoms with Crippen LogP contribution in [0.4, 0.5) is 5.95 Å². The largest absolute Gasteiger partial charge is 0.395 e. The quantitative estimate of drug-likeness (QED) is 0.903. The number of anilines is 1.